The fourth-order valence-corrected chi connectivity index (χ4v) is 2.99. The number of benzene rings is 1. The maximum Gasteiger partial charge on any atom is 0.372 e. The molecule has 0 bridgehead atoms. The molecule has 0 heterocycles. The zero-order chi connectivity index (χ0) is 31.1. The van der Waals surface area contributed by atoms with Gasteiger partial charge in [-0.05, 0) is 12.1 Å². The summed E-state index contributed by atoms with van der Waals surface area (Å²) in [6.07, 6.45) is -0.656. The van der Waals surface area contributed by atoms with Gasteiger partial charge in [0.25, 0.3) is 0 Å². The molecule has 0 aliphatic heterocycles. The Balaban J connectivity index is 1.66. The molecule has 1 aromatic carbocycles. The lowest BCUT2D eigenvalue weighted by Crippen LogP contribution is -2.17. The van der Waals surface area contributed by atoms with Crippen LogP contribution in [-0.4, -0.2) is 142 Å². The molecule has 0 unspecified atom stereocenters. The smallest absolute Gasteiger partial charge is 0.372 e. The van der Waals surface area contributed by atoms with E-state index >= 15 is 0 Å². The number of carboxylic acids is 1. The first-order valence-electron chi connectivity index (χ1n) is 14.3. The summed E-state index contributed by atoms with van der Waals surface area (Å²) in [4.78, 5) is 32.6. The van der Waals surface area contributed by atoms with E-state index in [0.717, 1.165) is 5.75 Å². The second-order valence-electron chi connectivity index (χ2n) is 8.51. The first kappa shape index (κ1) is 38.3. The van der Waals surface area contributed by atoms with Crippen molar-refractivity contribution in [3.05, 3.63) is 30.3 Å². The zero-order valence-corrected chi connectivity index (χ0v) is 24.8. The predicted molar refractivity (Wildman–Crippen MR) is 151 cm³/mol. The standard InChI is InChI=1S/C29H46O14/c30-27(29(32)33)6-7-28(31)43-25-23-41-21-19-39-17-15-37-13-11-35-9-8-34-10-12-36-14-16-38-18-20-40-22-24-42-26-4-2-1-3-5-26/h1-5H,6-25H2,(H,32,33). The Morgan fingerprint density at radius 3 is 1.19 bits per heavy atom. The molecule has 1 rings (SSSR count). The quantitative estimate of drug-likeness (QED) is 0.0695. The van der Waals surface area contributed by atoms with Crippen LogP contribution in [0.4, 0.5) is 0 Å². The zero-order valence-electron chi connectivity index (χ0n) is 24.8. The lowest BCUT2D eigenvalue weighted by atomic mass is 10.2. The third-order valence-electron chi connectivity index (χ3n) is 5.13. The minimum absolute atomic E-state index is 0.0160. The third-order valence-corrected chi connectivity index (χ3v) is 5.13. The van der Waals surface area contributed by atoms with Crippen LogP contribution in [0.5, 0.6) is 5.75 Å². The average Bonchev–Trinajstić information content (AvgIpc) is 3.01. The normalized spacial score (nSPS) is 11.0. The molecule has 0 aliphatic carbocycles. The number of esters is 1. The Kier molecular flexibility index (Phi) is 26.2. The van der Waals surface area contributed by atoms with Crippen molar-refractivity contribution in [3.63, 3.8) is 0 Å². The Bertz CT molecular complexity index is 808. The molecule has 0 saturated heterocycles. The molecule has 0 saturated carbocycles. The van der Waals surface area contributed by atoms with Crippen molar-refractivity contribution in [1.82, 2.24) is 0 Å². The highest BCUT2D eigenvalue weighted by molar-refractivity contribution is 6.32. The van der Waals surface area contributed by atoms with E-state index in [1.165, 1.54) is 0 Å². The third kappa shape index (κ3) is 26.7. The SMILES string of the molecule is O=C(CCC(=O)C(=O)O)OCCOCCOCCOCCOCCOCCOCCOCCOCCOc1ccccc1. The number of hydrogen-bond acceptors (Lipinski definition) is 13. The Morgan fingerprint density at radius 2 is 0.814 bits per heavy atom. The van der Waals surface area contributed by atoms with E-state index in [2.05, 4.69) is 0 Å². The first-order valence-corrected chi connectivity index (χ1v) is 14.3. The van der Waals surface area contributed by atoms with Crippen LogP contribution in [0.15, 0.2) is 30.3 Å². The lowest BCUT2D eigenvalue weighted by molar-refractivity contribution is -0.151. The van der Waals surface area contributed by atoms with Crippen LogP contribution in [0, 0.1) is 0 Å². The molecule has 0 aliphatic rings. The minimum Gasteiger partial charge on any atom is -0.491 e. The molecule has 14 nitrogen and oxygen atoms in total. The number of ketones is 1. The van der Waals surface area contributed by atoms with Crippen molar-refractivity contribution in [2.24, 2.45) is 0 Å². The molecule has 43 heavy (non-hydrogen) atoms. The molecular formula is C29H46O14. The van der Waals surface area contributed by atoms with Gasteiger partial charge in [0.05, 0.1) is 112 Å². The second kappa shape index (κ2) is 29.4. The maximum absolute atomic E-state index is 11.3. The summed E-state index contributed by atoms with van der Waals surface area (Å²) >= 11 is 0. The predicted octanol–water partition coefficient (Wildman–Crippen LogP) is 1.18. The van der Waals surface area contributed by atoms with Gasteiger partial charge < -0.3 is 52.5 Å². The number of aliphatic carboxylic acids is 1. The van der Waals surface area contributed by atoms with Crippen molar-refractivity contribution in [3.8, 4) is 5.75 Å². The lowest BCUT2D eigenvalue weighted by Gasteiger charge is -2.09. The van der Waals surface area contributed by atoms with Crippen LogP contribution in [0.25, 0.3) is 0 Å². The van der Waals surface area contributed by atoms with Gasteiger partial charge in [-0.25, -0.2) is 4.79 Å². The highest BCUT2D eigenvalue weighted by Gasteiger charge is 2.14. The summed E-state index contributed by atoms with van der Waals surface area (Å²) < 4.78 is 53.6. The highest BCUT2D eigenvalue weighted by Crippen LogP contribution is 2.07. The number of carboxylic acid groups (broad SMARTS) is 1. The number of para-hydroxylation sites is 1. The largest absolute Gasteiger partial charge is 0.491 e. The molecule has 0 radical (unpaired) electrons. The number of hydrogen-bond donors (Lipinski definition) is 1. The molecule has 0 spiro atoms. The van der Waals surface area contributed by atoms with Gasteiger partial charge in [-0.2, -0.15) is 0 Å². The van der Waals surface area contributed by atoms with Gasteiger partial charge in [-0.1, -0.05) is 18.2 Å². The van der Waals surface area contributed by atoms with Crippen molar-refractivity contribution < 1.29 is 66.9 Å². The van der Waals surface area contributed by atoms with Crippen LogP contribution in [0.2, 0.25) is 0 Å². The second-order valence-corrected chi connectivity index (χ2v) is 8.51. The topological polar surface area (TPSA) is 164 Å². The number of rotatable bonds is 32. The first-order chi connectivity index (χ1) is 21.1. The molecular weight excluding hydrogens is 572 g/mol. The van der Waals surface area contributed by atoms with E-state index in [1.807, 2.05) is 30.3 Å². The van der Waals surface area contributed by atoms with Crippen molar-refractivity contribution in [2.75, 3.05) is 119 Å². The van der Waals surface area contributed by atoms with Gasteiger partial charge in [-0.3, -0.25) is 9.59 Å². The summed E-state index contributed by atoms with van der Waals surface area (Å²) in [5.74, 6) is -2.40. The van der Waals surface area contributed by atoms with E-state index < -0.39 is 17.7 Å². The fraction of sp³-hybridized carbons (Fsp3) is 0.690. The van der Waals surface area contributed by atoms with Crippen LogP contribution >= 0.6 is 0 Å². The molecule has 246 valence electrons. The van der Waals surface area contributed by atoms with E-state index in [-0.39, 0.29) is 26.1 Å². The molecule has 0 fully saturated rings. The minimum atomic E-state index is -1.56. The number of ether oxygens (including phenoxy) is 10. The van der Waals surface area contributed by atoms with Crippen LogP contribution < -0.4 is 4.74 Å². The van der Waals surface area contributed by atoms with Gasteiger partial charge >= 0.3 is 11.9 Å². The van der Waals surface area contributed by atoms with Crippen LogP contribution in [0.1, 0.15) is 12.8 Å². The van der Waals surface area contributed by atoms with Gasteiger partial charge in [0, 0.05) is 6.42 Å². The maximum atomic E-state index is 11.3. The van der Waals surface area contributed by atoms with Gasteiger partial charge in [0.1, 0.15) is 19.0 Å². The summed E-state index contributed by atoms with van der Waals surface area (Å²) in [6.45, 7) is 7.49. The summed E-state index contributed by atoms with van der Waals surface area (Å²) in [7, 11) is 0. The fourth-order valence-electron chi connectivity index (χ4n) is 2.99. The monoisotopic (exact) mass is 618 g/mol. The van der Waals surface area contributed by atoms with Gasteiger partial charge in [-0.15, -0.1) is 0 Å². The number of carbonyl (C=O) groups is 3. The molecule has 0 atom stereocenters. The molecule has 1 aromatic rings. The number of carbonyl (C=O) groups excluding carboxylic acids is 2. The average molecular weight is 619 g/mol. The van der Waals surface area contributed by atoms with Gasteiger partial charge in [0.2, 0.25) is 5.78 Å². The summed E-state index contributed by atoms with van der Waals surface area (Å²) in [5, 5.41) is 8.43. The van der Waals surface area contributed by atoms with E-state index in [9.17, 15) is 14.4 Å². The summed E-state index contributed by atoms with van der Waals surface area (Å²) in [5.41, 5.74) is 0. The van der Waals surface area contributed by atoms with Crippen molar-refractivity contribution >= 4 is 17.7 Å². The number of Topliss-reactive ketones (excluding diaryl/α,β-unsaturated/α-hetero) is 1. The molecule has 14 heteroatoms. The van der Waals surface area contributed by atoms with E-state index in [1.54, 1.807) is 0 Å². The molecule has 0 amide bonds. The van der Waals surface area contributed by atoms with Crippen molar-refractivity contribution in [1.29, 1.82) is 0 Å². The van der Waals surface area contributed by atoms with Crippen molar-refractivity contribution in [2.45, 2.75) is 12.8 Å². The Hall–Kier alpha value is -2.69. The Morgan fingerprint density at radius 1 is 0.465 bits per heavy atom. The van der Waals surface area contributed by atoms with Gasteiger partial charge in [0.15, 0.2) is 0 Å². The highest BCUT2D eigenvalue weighted by atomic mass is 16.6. The van der Waals surface area contributed by atoms with Crippen LogP contribution in [0.3, 0.4) is 0 Å². The Labute approximate surface area is 252 Å². The molecule has 1 N–H and O–H groups in total. The van der Waals surface area contributed by atoms with Crippen LogP contribution in [-0.2, 0) is 57.0 Å². The van der Waals surface area contributed by atoms with E-state index in [0.29, 0.717) is 106 Å². The summed E-state index contributed by atoms with van der Waals surface area (Å²) in [6, 6.07) is 9.61. The van der Waals surface area contributed by atoms with E-state index in [4.69, 9.17) is 52.5 Å². The molecule has 0 aromatic heterocycles.